The van der Waals surface area contributed by atoms with Gasteiger partial charge in [0.05, 0.1) is 17.7 Å². The predicted molar refractivity (Wildman–Crippen MR) is 78.1 cm³/mol. The molecule has 0 spiro atoms. The van der Waals surface area contributed by atoms with Crippen molar-refractivity contribution in [3.05, 3.63) is 28.2 Å². The van der Waals surface area contributed by atoms with Crippen LogP contribution in [-0.2, 0) is 4.74 Å². The van der Waals surface area contributed by atoms with Gasteiger partial charge in [-0.05, 0) is 47.5 Å². The monoisotopic (exact) mass is 327 g/mol. The van der Waals surface area contributed by atoms with Crippen LogP contribution in [0.25, 0.3) is 0 Å². The number of hydrogen-bond donors (Lipinski definition) is 3. The fourth-order valence-electron chi connectivity index (χ4n) is 2.22. The van der Waals surface area contributed by atoms with Gasteiger partial charge in [-0.15, -0.1) is 0 Å². The Bertz CT molecular complexity index is 479. The number of rotatable bonds is 5. The minimum Gasteiger partial charge on any atom is -0.378 e. The topological polar surface area (TPSA) is 90.4 Å². The van der Waals surface area contributed by atoms with Crippen molar-refractivity contribution in [1.29, 1.82) is 0 Å². The molecule has 0 aliphatic heterocycles. The standard InChI is InChI=1S/C13H18BrN3O2/c1-2-19-11-6-10(15)12(11)17-7-3-4-8(13(16)18)9(14)5-7/h3-5,10-12,17H,2,6,15H2,1H3,(H2,16,18). The maximum atomic E-state index is 11.1. The summed E-state index contributed by atoms with van der Waals surface area (Å²) in [7, 11) is 0. The number of carbonyl (C=O) groups is 1. The molecule has 1 amide bonds. The summed E-state index contributed by atoms with van der Waals surface area (Å²) in [5, 5.41) is 3.34. The van der Waals surface area contributed by atoms with E-state index in [1.54, 1.807) is 6.07 Å². The van der Waals surface area contributed by atoms with Crippen LogP contribution in [0.15, 0.2) is 22.7 Å². The van der Waals surface area contributed by atoms with Gasteiger partial charge in [0.1, 0.15) is 0 Å². The number of anilines is 1. The minimum atomic E-state index is -0.453. The highest BCUT2D eigenvalue weighted by Crippen LogP contribution is 2.28. The Kier molecular flexibility index (Phi) is 4.44. The van der Waals surface area contributed by atoms with Gasteiger partial charge < -0.3 is 21.5 Å². The molecule has 0 bridgehead atoms. The van der Waals surface area contributed by atoms with Crippen LogP contribution in [0.1, 0.15) is 23.7 Å². The first-order chi connectivity index (χ1) is 9.02. The van der Waals surface area contributed by atoms with Crippen molar-refractivity contribution in [3.63, 3.8) is 0 Å². The first kappa shape index (κ1) is 14.3. The number of primary amides is 1. The molecule has 1 aliphatic carbocycles. The normalized spacial score (nSPS) is 25.7. The Morgan fingerprint density at radius 3 is 2.84 bits per heavy atom. The van der Waals surface area contributed by atoms with Crippen LogP contribution in [-0.4, -0.2) is 30.7 Å². The fraction of sp³-hybridized carbons (Fsp3) is 0.462. The number of ether oxygens (including phenoxy) is 1. The summed E-state index contributed by atoms with van der Waals surface area (Å²) in [6.07, 6.45) is 1.01. The van der Waals surface area contributed by atoms with Crippen molar-refractivity contribution in [1.82, 2.24) is 0 Å². The number of amides is 1. The largest absolute Gasteiger partial charge is 0.378 e. The quantitative estimate of drug-likeness (QED) is 0.763. The Balaban J connectivity index is 2.07. The van der Waals surface area contributed by atoms with E-state index in [1.165, 1.54) is 0 Å². The highest BCUT2D eigenvalue weighted by Gasteiger charge is 2.39. The number of nitrogens with one attached hydrogen (secondary N) is 1. The molecule has 0 aromatic heterocycles. The average Bonchev–Trinajstić information content (AvgIpc) is 2.35. The van der Waals surface area contributed by atoms with Crippen molar-refractivity contribution < 1.29 is 9.53 Å². The Morgan fingerprint density at radius 2 is 2.32 bits per heavy atom. The van der Waals surface area contributed by atoms with E-state index in [2.05, 4.69) is 21.2 Å². The van der Waals surface area contributed by atoms with E-state index in [0.717, 1.165) is 12.1 Å². The molecule has 1 saturated carbocycles. The van der Waals surface area contributed by atoms with Crippen molar-refractivity contribution in [2.45, 2.75) is 31.5 Å². The van der Waals surface area contributed by atoms with Crippen LogP contribution < -0.4 is 16.8 Å². The van der Waals surface area contributed by atoms with Crippen LogP contribution in [0.4, 0.5) is 5.69 Å². The molecule has 1 aromatic rings. The van der Waals surface area contributed by atoms with Crippen molar-refractivity contribution in [3.8, 4) is 0 Å². The summed E-state index contributed by atoms with van der Waals surface area (Å²) in [5.41, 5.74) is 12.6. The van der Waals surface area contributed by atoms with Crippen LogP contribution in [0.5, 0.6) is 0 Å². The van der Waals surface area contributed by atoms with Crippen LogP contribution in [0.2, 0.25) is 0 Å². The first-order valence-corrected chi connectivity index (χ1v) is 7.05. The lowest BCUT2D eigenvalue weighted by molar-refractivity contribution is -0.0126. The van der Waals surface area contributed by atoms with E-state index in [4.69, 9.17) is 16.2 Å². The van der Waals surface area contributed by atoms with E-state index < -0.39 is 5.91 Å². The van der Waals surface area contributed by atoms with Crippen LogP contribution in [0, 0.1) is 0 Å². The second-order valence-electron chi connectivity index (χ2n) is 4.62. The van der Waals surface area contributed by atoms with E-state index in [9.17, 15) is 4.79 Å². The van der Waals surface area contributed by atoms with E-state index in [-0.39, 0.29) is 18.2 Å². The number of hydrogen-bond acceptors (Lipinski definition) is 4. The van der Waals surface area contributed by atoms with Gasteiger partial charge in [-0.25, -0.2) is 0 Å². The summed E-state index contributed by atoms with van der Waals surface area (Å²) in [6, 6.07) is 5.53. The average molecular weight is 328 g/mol. The maximum absolute atomic E-state index is 11.1. The zero-order chi connectivity index (χ0) is 14.0. The summed E-state index contributed by atoms with van der Waals surface area (Å²) in [5.74, 6) is -0.453. The lowest BCUT2D eigenvalue weighted by Gasteiger charge is -2.43. The van der Waals surface area contributed by atoms with E-state index in [1.807, 2.05) is 19.1 Å². The summed E-state index contributed by atoms with van der Waals surface area (Å²) in [4.78, 5) is 11.1. The Morgan fingerprint density at radius 1 is 1.58 bits per heavy atom. The molecular weight excluding hydrogens is 310 g/mol. The van der Waals surface area contributed by atoms with Gasteiger partial charge >= 0.3 is 0 Å². The van der Waals surface area contributed by atoms with Crippen LogP contribution in [0.3, 0.4) is 0 Å². The molecule has 2 rings (SSSR count). The Hall–Kier alpha value is -1.11. The van der Waals surface area contributed by atoms with Gasteiger partial charge in [-0.2, -0.15) is 0 Å². The molecule has 0 saturated heterocycles. The fourth-order valence-corrected chi connectivity index (χ4v) is 2.80. The smallest absolute Gasteiger partial charge is 0.249 e. The van der Waals surface area contributed by atoms with E-state index >= 15 is 0 Å². The van der Waals surface area contributed by atoms with Gasteiger partial charge in [0.2, 0.25) is 5.91 Å². The molecule has 0 heterocycles. The van der Waals surface area contributed by atoms with E-state index in [0.29, 0.717) is 16.6 Å². The van der Waals surface area contributed by atoms with Crippen molar-refractivity contribution >= 4 is 27.5 Å². The van der Waals surface area contributed by atoms with Gasteiger partial charge in [0, 0.05) is 22.8 Å². The number of benzene rings is 1. The molecule has 0 radical (unpaired) electrons. The molecule has 6 heteroatoms. The van der Waals surface area contributed by atoms with Crippen molar-refractivity contribution in [2.75, 3.05) is 11.9 Å². The molecule has 104 valence electrons. The van der Waals surface area contributed by atoms with Crippen LogP contribution >= 0.6 is 15.9 Å². The SMILES string of the molecule is CCOC1CC(N)C1Nc1ccc(C(N)=O)c(Br)c1. The first-order valence-electron chi connectivity index (χ1n) is 6.26. The molecule has 5 nitrogen and oxygen atoms in total. The van der Waals surface area contributed by atoms with Gasteiger partial charge in [0.25, 0.3) is 0 Å². The zero-order valence-corrected chi connectivity index (χ0v) is 12.3. The molecular formula is C13H18BrN3O2. The lowest BCUT2D eigenvalue weighted by Crippen LogP contribution is -2.60. The molecule has 5 N–H and O–H groups in total. The number of nitrogens with two attached hydrogens (primary N) is 2. The summed E-state index contributed by atoms with van der Waals surface area (Å²) < 4.78 is 6.27. The third kappa shape index (κ3) is 3.08. The second kappa shape index (κ2) is 5.90. The number of halogens is 1. The molecule has 19 heavy (non-hydrogen) atoms. The number of carbonyl (C=O) groups excluding carboxylic acids is 1. The zero-order valence-electron chi connectivity index (χ0n) is 10.7. The third-order valence-corrected chi connectivity index (χ3v) is 3.97. The van der Waals surface area contributed by atoms with Gasteiger partial charge in [0.15, 0.2) is 0 Å². The molecule has 3 unspecified atom stereocenters. The summed E-state index contributed by atoms with van der Waals surface area (Å²) in [6.45, 7) is 2.65. The molecule has 1 fully saturated rings. The highest BCUT2D eigenvalue weighted by molar-refractivity contribution is 9.10. The molecule has 3 atom stereocenters. The maximum Gasteiger partial charge on any atom is 0.249 e. The van der Waals surface area contributed by atoms with Gasteiger partial charge in [-0.3, -0.25) is 4.79 Å². The summed E-state index contributed by atoms with van der Waals surface area (Å²) >= 11 is 3.34. The highest BCUT2D eigenvalue weighted by atomic mass is 79.9. The van der Waals surface area contributed by atoms with Crippen molar-refractivity contribution in [2.24, 2.45) is 11.5 Å². The predicted octanol–water partition coefficient (Wildman–Crippen LogP) is 1.46. The second-order valence-corrected chi connectivity index (χ2v) is 5.48. The Labute approximate surface area is 120 Å². The third-order valence-electron chi connectivity index (χ3n) is 3.31. The minimum absolute atomic E-state index is 0.0890. The lowest BCUT2D eigenvalue weighted by atomic mass is 9.83. The molecule has 1 aromatic carbocycles. The molecule has 1 aliphatic rings. The van der Waals surface area contributed by atoms with Gasteiger partial charge in [-0.1, -0.05) is 0 Å².